The fourth-order valence-corrected chi connectivity index (χ4v) is 3.95. The molecule has 0 radical (unpaired) electrons. The van der Waals surface area contributed by atoms with Gasteiger partial charge in [-0.05, 0) is 30.3 Å². The molecular weight excluding hydrogens is 479 g/mol. The van der Waals surface area contributed by atoms with Crippen LogP contribution < -0.4 is 0 Å². The third-order valence-electron chi connectivity index (χ3n) is 4.92. The molecule has 0 heterocycles. The van der Waals surface area contributed by atoms with Gasteiger partial charge in [-0.3, -0.25) is 19.2 Å². The van der Waals surface area contributed by atoms with Gasteiger partial charge in [-0.15, -0.1) is 0 Å². The molecule has 0 aliphatic carbocycles. The van der Waals surface area contributed by atoms with Crippen molar-refractivity contribution in [2.45, 2.75) is 17.7 Å². The second kappa shape index (κ2) is 10.2. The zero-order valence-electron chi connectivity index (χ0n) is 17.9. The lowest BCUT2D eigenvalue weighted by Gasteiger charge is -2.27. The molecule has 0 N–H and O–H groups in total. The molecule has 0 bridgehead atoms. The number of benzene rings is 2. The summed E-state index contributed by atoms with van der Waals surface area (Å²) in [5.74, 6) is -4.66. The van der Waals surface area contributed by atoms with Crippen molar-refractivity contribution in [2.75, 3.05) is 20.5 Å². The molecule has 2 rings (SSSR count). The lowest BCUT2D eigenvalue weighted by atomic mass is 9.76. The van der Waals surface area contributed by atoms with Crippen LogP contribution in [0.5, 0.6) is 0 Å². The van der Waals surface area contributed by atoms with Crippen molar-refractivity contribution in [1.82, 2.24) is 0 Å². The van der Waals surface area contributed by atoms with Gasteiger partial charge in [0.15, 0.2) is 26.8 Å². The molecular formula is C22H20ClFO8S. The average Bonchev–Trinajstić information content (AvgIpc) is 2.78. The van der Waals surface area contributed by atoms with Gasteiger partial charge in [0.2, 0.25) is 0 Å². The summed E-state index contributed by atoms with van der Waals surface area (Å²) in [5, 5.41) is -0.343. The average molecular weight is 499 g/mol. The van der Waals surface area contributed by atoms with Crippen molar-refractivity contribution < 1.29 is 41.5 Å². The topological polar surface area (TPSA) is 121 Å². The molecule has 0 amide bonds. The van der Waals surface area contributed by atoms with Crippen molar-refractivity contribution in [1.29, 1.82) is 0 Å². The molecule has 2 aromatic rings. The number of ketones is 2. The first-order chi connectivity index (χ1) is 15.4. The van der Waals surface area contributed by atoms with Crippen molar-refractivity contribution in [3.63, 3.8) is 0 Å². The Morgan fingerprint density at radius 2 is 1.33 bits per heavy atom. The first-order valence-electron chi connectivity index (χ1n) is 9.34. The Balaban J connectivity index is 2.47. The number of hydrogen-bond acceptors (Lipinski definition) is 8. The predicted octanol–water partition coefficient (Wildman–Crippen LogP) is 3.06. The lowest BCUT2D eigenvalue weighted by Crippen LogP contribution is -2.44. The smallest absolute Gasteiger partial charge is 0.324 e. The Morgan fingerprint density at radius 1 is 0.879 bits per heavy atom. The van der Waals surface area contributed by atoms with Gasteiger partial charge in [0.25, 0.3) is 0 Å². The summed E-state index contributed by atoms with van der Waals surface area (Å²) in [7, 11) is -1.56. The van der Waals surface area contributed by atoms with Gasteiger partial charge in [0, 0.05) is 30.2 Å². The van der Waals surface area contributed by atoms with Crippen LogP contribution in [0.2, 0.25) is 5.02 Å². The van der Waals surface area contributed by atoms with Gasteiger partial charge in [-0.1, -0.05) is 23.7 Å². The molecule has 33 heavy (non-hydrogen) atoms. The number of halogens is 2. The van der Waals surface area contributed by atoms with E-state index < -0.39 is 57.4 Å². The first-order valence-corrected chi connectivity index (χ1v) is 11.6. The van der Waals surface area contributed by atoms with E-state index in [0.29, 0.717) is 0 Å². The Labute approximate surface area is 194 Å². The summed E-state index contributed by atoms with van der Waals surface area (Å²) in [4.78, 5) is 51.1. The molecule has 0 saturated heterocycles. The molecule has 0 aliphatic rings. The fourth-order valence-electron chi connectivity index (χ4n) is 3.14. The van der Waals surface area contributed by atoms with Gasteiger partial charge in [-0.25, -0.2) is 12.8 Å². The zero-order valence-corrected chi connectivity index (χ0v) is 19.5. The summed E-state index contributed by atoms with van der Waals surface area (Å²) < 4.78 is 46.1. The van der Waals surface area contributed by atoms with Crippen LogP contribution in [0.25, 0.3) is 0 Å². The minimum atomic E-state index is -3.51. The summed E-state index contributed by atoms with van der Waals surface area (Å²) in [6, 6.07) is 7.94. The highest BCUT2D eigenvalue weighted by molar-refractivity contribution is 7.90. The number of Topliss-reactive ketones (excluding diaryl/α,β-unsaturated/α-hetero) is 2. The minimum Gasteiger partial charge on any atom is -0.468 e. The summed E-state index contributed by atoms with van der Waals surface area (Å²) in [6.45, 7) is 0. The molecule has 0 aliphatic heterocycles. The number of ether oxygens (including phenoxy) is 2. The molecule has 8 nitrogen and oxygen atoms in total. The number of carbonyl (C=O) groups excluding carboxylic acids is 4. The number of sulfone groups is 1. The van der Waals surface area contributed by atoms with Crippen LogP contribution in [0, 0.1) is 11.2 Å². The first kappa shape index (κ1) is 26.1. The molecule has 0 fully saturated rings. The van der Waals surface area contributed by atoms with E-state index in [9.17, 15) is 32.0 Å². The largest absolute Gasteiger partial charge is 0.468 e. The van der Waals surface area contributed by atoms with Gasteiger partial charge < -0.3 is 9.47 Å². The van der Waals surface area contributed by atoms with Crippen LogP contribution in [0.15, 0.2) is 47.4 Å². The predicted molar refractivity (Wildman–Crippen MR) is 115 cm³/mol. The molecule has 2 aromatic carbocycles. The Hall–Kier alpha value is -3.11. The van der Waals surface area contributed by atoms with Crippen LogP contribution in [-0.2, 0) is 28.9 Å². The van der Waals surface area contributed by atoms with Gasteiger partial charge in [-0.2, -0.15) is 0 Å². The maximum absolute atomic E-state index is 13.5. The van der Waals surface area contributed by atoms with Crippen LogP contribution in [-0.4, -0.2) is 52.4 Å². The molecule has 0 unspecified atom stereocenters. The van der Waals surface area contributed by atoms with E-state index in [1.54, 1.807) is 0 Å². The number of hydrogen-bond donors (Lipinski definition) is 0. The van der Waals surface area contributed by atoms with E-state index in [4.69, 9.17) is 21.1 Å². The zero-order chi connectivity index (χ0) is 25.0. The SMILES string of the molecule is COC(=O)C(CC(=O)c1ccc(S(C)(=O)=O)cc1)(CC(=O)c1ccc(F)c(Cl)c1)C(=O)OC. The fraction of sp³-hybridized carbons (Fsp3) is 0.273. The van der Waals surface area contributed by atoms with E-state index in [1.807, 2.05) is 0 Å². The summed E-state index contributed by atoms with van der Waals surface area (Å²) in [6.07, 6.45) is -0.622. The normalized spacial score (nSPS) is 11.5. The lowest BCUT2D eigenvalue weighted by molar-refractivity contribution is -0.168. The molecule has 0 atom stereocenters. The number of rotatable bonds is 9. The van der Waals surface area contributed by atoms with Crippen molar-refractivity contribution in [3.8, 4) is 0 Å². The van der Waals surface area contributed by atoms with E-state index in [1.165, 1.54) is 24.3 Å². The Morgan fingerprint density at radius 3 is 1.76 bits per heavy atom. The quantitative estimate of drug-likeness (QED) is 0.294. The molecule has 0 saturated carbocycles. The maximum atomic E-state index is 13.5. The second-order valence-corrected chi connectivity index (χ2v) is 9.61. The molecule has 0 spiro atoms. The summed E-state index contributed by atoms with van der Waals surface area (Å²) in [5.41, 5.74) is -2.44. The Bertz CT molecular complexity index is 1190. The number of methoxy groups -OCH3 is 2. The van der Waals surface area contributed by atoms with Gasteiger partial charge in [0.05, 0.1) is 24.1 Å². The highest BCUT2D eigenvalue weighted by Crippen LogP contribution is 2.34. The second-order valence-electron chi connectivity index (χ2n) is 7.19. The van der Waals surface area contributed by atoms with Crippen LogP contribution in [0.3, 0.4) is 0 Å². The molecule has 11 heteroatoms. The van der Waals surface area contributed by atoms with Crippen LogP contribution in [0.1, 0.15) is 33.6 Å². The van der Waals surface area contributed by atoms with Crippen molar-refractivity contribution in [3.05, 3.63) is 64.4 Å². The van der Waals surface area contributed by atoms with Crippen molar-refractivity contribution in [2.24, 2.45) is 5.41 Å². The minimum absolute atomic E-state index is 0.00291. The van der Waals surface area contributed by atoms with Gasteiger partial charge in [0.1, 0.15) is 5.82 Å². The highest BCUT2D eigenvalue weighted by Gasteiger charge is 2.51. The number of esters is 2. The highest BCUT2D eigenvalue weighted by atomic mass is 35.5. The maximum Gasteiger partial charge on any atom is 0.324 e. The number of carbonyl (C=O) groups is 4. The van der Waals surface area contributed by atoms with E-state index >= 15 is 0 Å². The third kappa shape index (κ3) is 5.82. The standard InChI is InChI=1S/C22H20ClFO8S/c1-31-20(27)22(21(28)32-2,12-19(26)14-6-9-17(24)16(23)10-14)11-18(25)13-4-7-15(8-5-13)33(3,29)30/h4-10H,11-12H2,1-3H3. The van der Waals surface area contributed by atoms with Gasteiger partial charge >= 0.3 is 11.9 Å². The Kier molecular flexibility index (Phi) is 8.10. The van der Waals surface area contributed by atoms with E-state index in [2.05, 4.69) is 0 Å². The van der Waals surface area contributed by atoms with Crippen LogP contribution in [0.4, 0.5) is 4.39 Å². The van der Waals surface area contributed by atoms with E-state index in [0.717, 1.165) is 38.7 Å². The van der Waals surface area contributed by atoms with Crippen LogP contribution >= 0.6 is 11.6 Å². The third-order valence-corrected chi connectivity index (χ3v) is 6.34. The molecule has 0 aromatic heterocycles. The van der Waals surface area contributed by atoms with E-state index in [-0.39, 0.29) is 21.0 Å². The van der Waals surface area contributed by atoms with Crippen molar-refractivity contribution >= 4 is 44.9 Å². The monoisotopic (exact) mass is 498 g/mol. The summed E-state index contributed by atoms with van der Waals surface area (Å²) >= 11 is 5.71. The molecule has 176 valence electrons.